The summed E-state index contributed by atoms with van der Waals surface area (Å²) in [5.41, 5.74) is 1.25. The van der Waals surface area contributed by atoms with E-state index in [1.165, 1.54) is 4.80 Å². The molecule has 0 spiro atoms. The highest BCUT2D eigenvalue weighted by Crippen LogP contribution is 2.20. The van der Waals surface area contributed by atoms with Crippen molar-refractivity contribution in [3.05, 3.63) is 59.6 Å². The molecule has 1 aromatic carbocycles. The summed E-state index contributed by atoms with van der Waals surface area (Å²) >= 11 is 5.83. The highest BCUT2D eigenvalue weighted by molar-refractivity contribution is 6.30. The molecule has 0 saturated carbocycles. The Hall–Kier alpha value is -3.00. The lowest BCUT2D eigenvalue weighted by molar-refractivity contribution is 0.0714. The average molecular weight is 384 g/mol. The Morgan fingerprint density at radius 2 is 1.89 bits per heavy atom. The summed E-state index contributed by atoms with van der Waals surface area (Å²) in [5.74, 6) is 0.478. The molecule has 1 fully saturated rings. The van der Waals surface area contributed by atoms with Crippen LogP contribution in [-0.4, -0.2) is 54.9 Å². The molecule has 138 valence electrons. The molecule has 1 atom stereocenters. The number of hydrogen-bond donors (Lipinski definition) is 1. The molecule has 8 nitrogen and oxygen atoms in total. The second-order valence-electron chi connectivity index (χ2n) is 6.30. The Morgan fingerprint density at radius 1 is 1.15 bits per heavy atom. The first-order valence-electron chi connectivity index (χ1n) is 8.70. The van der Waals surface area contributed by atoms with Crippen LogP contribution in [0.25, 0.3) is 5.69 Å². The normalized spacial score (nSPS) is 16.9. The predicted molar refractivity (Wildman–Crippen MR) is 101 cm³/mol. The number of nitrogens with zero attached hydrogens (tertiary/aromatic N) is 6. The standard InChI is InChI=1S/C18H18ClN7O/c19-13-10-20-18(21-11-13)24-14-4-3-9-25(12-14)17(27)15-5-1-2-6-16(15)26-22-7-8-23-26/h1-2,5-8,10-11,14H,3-4,9,12H2,(H,20,21,24). The van der Waals surface area contributed by atoms with Gasteiger partial charge in [0.15, 0.2) is 0 Å². The number of carbonyl (C=O) groups excluding carboxylic acids is 1. The van der Waals surface area contributed by atoms with E-state index in [1.807, 2.05) is 23.1 Å². The number of rotatable bonds is 4. The van der Waals surface area contributed by atoms with Crippen LogP contribution in [0.4, 0.5) is 5.95 Å². The second-order valence-corrected chi connectivity index (χ2v) is 6.73. The van der Waals surface area contributed by atoms with Crippen molar-refractivity contribution >= 4 is 23.5 Å². The van der Waals surface area contributed by atoms with Crippen LogP contribution in [0.15, 0.2) is 49.1 Å². The van der Waals surface area contributed by atoms with Crippen LogP contribution in [0.1, 0.15) is 23.2 Å². The van der Waals surface area contributed by atoms with Crippen molar-refractivity contribution in [2.75, 3.05) is 18.4 Å². The molecule has 1 unspecified atom stereocenters. The lowest BCUT2D eigenvalue weighted by Crippen LogP contribution is -2.45. The Labute approximate surface area is 161 Å². The summed E-state index contributed by atoms with van der Waals surface area (Å²) in [6, 6.07) is 7.45. The number of likely N-dealkylation sites (tertiary alicyclic amines) is 1. The maximum Gasteiger partial charge on any atom is 0.256 e. The van der Waals surface area contributed by atoms with E-state index in [-0.39, 0.29) is 11.9 Å². The lowest BCUT2D eigenvalue weighted by atomic mass is 10.0. The fourth-order valence-electron chi connectivity index (χ4n) is 3.19. The molecule has 0 aliphatic carbocycles. The van der Waals surface area contributed by atoms with Gasteiger partial charge in [-0.1, -0.05) is 23.7 Å². The fraction of sp³-hybridized carbons (Fsp3) is 0.278. The zero-order valence-electron chi connectivity index (χ0n) is 14.5. The summed E-state index contributed by atoms with van der Waals surface area (Å²) in [6.45, 7) is 1.28. The first-order chi connectivity index (χ1) is 13.2. The third-order valence-corrected chi connectivity index (χ3v) is 4.63. The van der Waals surface area contributed by atoms with Crippen molar-refractivity contribution in [1.82, 2.24) is 29.9 Å². The van der Waals surface area contributed by atoms with E-state index in [9.17, 15) is 4.79 Å². The summed E-state index contributed by atoms with van der Waals surface area (Å²) in [6.07, 6.45) is 8.13. The van der Waals surface area contributed by atoms with E-state index in [0.717, 1.165) is 12.8 Å². The van der Waals surface area contributed by atoms with Gasteiger partial charge in [0.2, 0.25) is 5.95 Å². The summed E-state index contributed by atoms with van der Waals surface area (Å²) in [5, 5.41) is 12.1. The van der Waals surface area contributed by atoms with Gasteiger partial charge in [0.1, 0.15) is 0 Å². The van der Waals surface area contributed by atoms with Gasteiger partial charge in [-0.25, -0.2) is 9.97 Å². The number of amides is 1. The minimum Gasteiger partial charge on any atom is -0.350 e. The number of benzene rings is 1. The first kappa shape index (κ1) is 17.4. The molecular weight excluding hydrogens is 366 g/mol. The largest absolute Gasteiger partial charge is 0.350 e. The number of piperidine rings is 1. The third-order valence-electron chi connectivity index (χ3n) is 4.43. The molecule has 0 bridgehead atoms. The highest BCUT2D eigenvalue weighted by Gasteiger charge is 2.26. The Morgan fingerprint density at radius 3 is 2.67 bits per heavy atom. The van der Waals surface area contributed by atoms with E-state index in [2.05, 4.69) is 25.5 Å². The van der Waals surface area contributed by atoms with Crippen molar-refractivity contribution in [2.45, 2.75) is 18.9 Å². The lowest BCUT2D eigenvalue weighted by Gasteiger charge is -2.33. The van der Waals surface area contributed by atoms with Gasteiger partial charge < -0.3 is 10.2 Å². The van der Waals surface area contributed by atoms with Crippen molar-refractivity contribution in [1.29, 1.82) is 0 Å². The number of aromatic nitrogens is 5. The van der Waals surface area contributed by atoms with Gasteiger partial charge in [-0.2, -0.15) is 15.0 Å². The minimum atomic E-state index is -0.0357. The third kappa shape index (κ3) is 3.90. The average Bonchev–Trinajstić information content (AvgIpc) is 3.24. The van der Waals surface area contributed by atoms with Crippen LogP contribution in [0.5, 0.6) is 0 Å². The zero-order valence-corrected chi connectivity index (χ0v) is 15.3. The van der Waals surface area contributed by atoms with Gasteiger partial charge in [-0.05, 0) is 25.0 Å². The van der Waals surface area contributed by atoms with E-state index < -0.39 is 0 Å². The molecular formula is C18H18ClN7O. The summed E-state index contributed by atoms with van der Waals surface area (Å²) < 4.78 is 0. The van der Waals surface area contributed by atoms with Crippen LogP contribution in [0.2, 0.25) is 5.02 Å². The van der Waals surface area contributed by atoms with Crippen molar-refractivity contribution in [3.8, 4) is 5.69 Å². The molecule has 1 saturated heterocycles. The number of para-hydroxylation sites is 1. The molecule has 1 amide bonds. The van der Waals surface area contributed by atoms with Crippen LogP contribution in [0, 0.1) is 0 Å². The van der Waals surface area contributed by atoms with E-state index in [0.29, 0.717) is 35.3 Å². The number of hydrogen-bond acceptors (Lipinski definition) is 6. The molecule has 3 aromatic rings. The van der Waals surface area contributed by atoms with E-state index in [1.54, 1.807) is 30.9 Å². The molecule has 9 heteroatoms. The first-order valence-corrected chi connectivity index (χ1v) is 9.07. The monoisotopic (exact) mass is 383 g/mol. The topological polar surface area (TPSA) is 88.8 Å². The second kappa shape index (κ2) is 7.71. The molecule has 4 rings (SSSR count). The van der Waals surface area contributed by atoms with Crippen LogP contribution >= 0.6 is 11.6 Å². The van der Waals surface area contributed by atoms with Crippen molar-refractivity contribution < 1.29 is 4.79 Å². The van der Waals surface area contributed by atoms with Crippen LogP contribution < -0.4 is 5.32 Å². The molecule has 1 aliphatic rings. The highest BCUT2D eigenvalue weighted by atomic mass is 35.5. The van der Waals surface area contributed by atoms with E-state index >= 15 is 0 Å². The summed E-state index contributed by atoms with van der Waals surface area (Å²) in [7, 11) is 0. The molecule has 2 aromatic heterocycles. The smallest absolute Gasteiger partial charge is 0.256 e. The van der Waals surface area contributed by atoms with Gasteiger partial charge in [-0.15, -0.1) is 0 Å². The molecule has 3 heterocycles. The molecule has 0 radical (unpaired) electrons. The quantitative estimate of drug-likeness (QED) is 0.744. The fourth-order valence-corrected chi connectivity index (χ4v) is 3.29. The molecule has 1 N–H and O–H groups in total. The Bertz CT molecular complexity index is 914. The maximum atomic E-state index is 13.1. The van der Waals surface area contributed by atoms with Gasteiger partial charge in [0.25, 0.3) is 5.91 Å². The predicted octanol–water partition coefficient (Wildman–Crippen LogP) is 2.43. The zero-order chi connectivity index (χ0) is 18.6. The maximum absolute atomic E-state index is 13.1. The minimum absolute atomic E-state index is 0.0357. The summed E-state index contributed by atoms with van der Waals surface area (Å²) in [4.78, 5) is 24.8. The molecule has 1 aliphatic heterocycles. The number of nitrogens with one attached hydrogen (secondary N) is 1. The number of anilines is 1. The Kier molecular flexibility index (Phi) is 4.97. The van der Waals surface area contributed by atoms with Gasteiger partial charge in [-0.3, -0.25) is 4.79 Å². The van der Waals surface area contributed by atoms with Crippen LogP contribution in [-0.2, 0) is 0 Å². The SMILES string of the molecule is O=C(c1ccccc1-n1nccn1)N1CCCC(Nc2ncc(Cl)cn2)C1. The number of halogens is 1. The van der Waals surface area contributed by atoms with Crippen LogP contribution in [0.3, 0.4) is 0 Å². The van der Waals surface area contributed by atoms with Gasteiger partial charge in [0.05, 0.1) is 41.1 Å². The molecule has 27 heavy (non-hydrogen) atoms. The van der Waals surface area contributed by atoms with Gasteiger partial charge in [0, 0.05) is 19.1 Å². The van der Waals surface area contributed by atoms with E-state index in [4.69, 9.17) is 11.6 Å². The van der Waals surface area contributed by atoms with Gasteiger partial charge >= 0.3 is 0 Å². The van der Waals surface area contributed by atoms with Crippen molar-refractivity contribution in [3.63, 3.8) is 0 Å². The van der Waals surface area contributed by atoms with Crippen molar-refractivity contribution in [2.24, 2.45) is 0 Å². The Balaban J connectivity index is 1.50. The number of carbonyl (C=O) groups is 1.